The van der Waals surface area contributed by atoms with Crippen molar-refractivity contribution in [2.45, 2.75) is 5.92 Å². The van der Waals surface area contributed by atoms with Crippen LogP contribution >= 0.6 is 0 Å². The molecule has 18 heavy (non-hydrogen) atoms. The molecule has 0 spiro atoms. The van der Waals surface area contributed by atoms with Gasteiger partial charge in [-0.2, -0.15) is 0 Å². The minimum absolute atomic E-state index is 0. The molecule has 0 bridgehead atoms. The lowest BCUT2D eigenvalue weighted by molar-refractivity contribution is -0.116. The summed E-state index contributed by atoms with van der Waals surface area (Å²) in [6.45, 7) is 0. The summed E-state index contributed by atoms with van der Waals surface area (Å²) in [5.74, 6) is -0.696. The van der Waals surface area contributed by atoms with Crippen molar-refractivity contribution < 1.29 is 26.0 Å². The first-order valence-electron chi connectivity index (χ1n) is 4.61. The van der Waals surface area contributed by atoms with E-state index in [0.717, 1.165) is 10.9 Å². The summed E-state index contributed by atoms with van der Waals surface area (Å²) in [6.07, 6.45) is 2.90. The maximum atomic E-state index is 10.7. The normalized spacial score (nSPS) is 8.72. The van der Waals surface area contributed by atoms with Gasteiger partial charge in [0.1, 0.15) is 12.6 Å². The molecule has 1 aromatic heterocycles. The molecule has 0 aliphatic rings. The second-order valence-electron chi connectivity index (χ2n) is 3.22. The predicted molar refractivity (Wildman–Crippen MR) is 67.5 cm³/mol. The minimum atomic E-state index is -0.696. The molecule has 6 nitrogen and oxygen atoms in total. The van der Waals surface area contributed by atoms with Crippen molar-refractivity contribution in [3.8, 4) is 0 Å². The van der Waals surface area contributed by atoms with E-state index in [-0.39, 0.29) is 16.4 Å². The van der Waals surface area contributed by atoms with Crippen LogP contribution in [0, 0.1) is 0 Å². The summed E-state index contributed by atoms with van der Waals surface area (Å²) in [5, 5.41) is 0.851. The summed E-state index contributed by atoms with van der Waals surface area (Å²) < 4.78 is 0. The van der Waals surface area contributed by atoms with Crippen LogP contribution in [0.3, 0.4) is 0 Å². The molecule has 0 saturated heterocycles. The SMILES string of the molecule is O.O.O.O=CC(C=O)c1ccnc2ccccc12. The first-order chi connectivity index (χ1) is 7.36. The van der Waals surface area contributed by atoms with Gasteiger partial charge in [0.05, 0.1) is 11.4 Å². The van der Waals surface area contributed by atoms with E-state index in [1.54, 1.807) is 12.3 Å². The molecule has 0 radical (unpaired) electrons. The number of rotatable bonds is 3. The number of benzene rings is 1. The number of carbonyl (C=O) groups is 2. The Morgan fingerprint density at radius 2 is 1.56 bits per heavy atom. The van der Waals surface area contributed by atoms with Crippen LogP contribution in [-0.4, -0.2) is 34.0 Å². The number of aldehydes is 2. The van der Waals surface area contributed by atoms with E-state index in [1.807, 2.05) is 24.3 Å². The zero-order chi connectivity index (χ0) is 10.7. The van der Waals surface area contributed by atoms with Gasteiger partial charge in [0.15, 0.2) is 0 Å². The minimum Gasteiger partial charge on any atom is -0.412 e. The monoisotopic (exact) mass is 253 g/mol. The Balaban J connectivity index is 0. The molecule has 0 atom stereocenters. The maximum Gasteiger partial charge on any atom is 0.134 e. The van der Waals surface area contributed by atoms with E-state index in [2.05, 4.69) is 4.98 Å². The highest BCUT2D eigenvalue weighted by Gasteiger charge is 2.12. The Kier molecular flexibility index (Phi) is 8.12. The first kappa shape index (κ1) is 18.2. The third-order valence-corrected chi connectivity index (χ3v) is 2.34. The molecule has 6 N–H and O–H groups in total. The molecule has 0 amide bonds. The predicted octanol–water partition coefficient (Wildman–Crippen LogP) is -0.758. The molecule has 98 valence electrons. The number of pyridine rings is 1. The van der Waals surface area contributed by atoms with E-state index < -0.39 is 5.92 Å². The average Bonchev–Trinajstić information content (AvgIpc) is 2.31. The third-order valence-electron chi connectivity index (χ3n) is 2.34. The molecule has 1 heterocycles. The summed E-state index contributed by atoms with van der Waals surface area (Å²) in [6, 6.07) is 9.15. The summed E-state index contributed by atoms with van der Waals surface area (Å²) in [4.78, 5) is 25.6. The van der Waals surface area contributed by atoms with Crippen LogP contribution in [0.15, 0.2) is 36.5 Å². The van der Waals surface area contributed by atoms with Crippen molar-refractivity contribution >= 4 is 23.5 Å². The lowest BCUT2D eigenvalue weighted by Crippen LogP contribution is -2.02. The third kappa shape index (κ3) is 3.17. The van der Waals surface area contributed by atoms with Gasteiger partial charge in [-0.25, -0.2) is 0 Å². The van der Waals surface area contributed by atoms with Crippen LogP contribution in [0.1, 0.15) is 11.5 Å². The summed E-state index contributed by atoms with van der Waals surface area (Å²) >= 11 is 0. The number of fused-ring (bicyclic) bond motifs is 1. The fourth-order valence-corrected chi connectivity index (χ4v) is 1.59. The van der Waals surface area contributed by atoms with Crippen molar-refractivity contribution in [3.05, 3.63) is 42.1 Å². The average molecular weight is 253 g/mol. The molecular formula is C12H15NO5. The van der Waals surface area contributed by atoms with Crippen LogP contribution in [0.5, 0.6) is 0 Å². The number of nitrogens with zero attached hydrogens (tertiary/aromatic N) is 1. The topological polar surface area (TPSA) is 142 Å². The van der Waals surface area contributed by atoms with E-state index in [4.69, 9.17) is 0 Å². The highest BCUT2D eigenvalue weighted by molar-refractivity contribution is 5.93. The fourth-order valence-electron chi connectivity index (χ4n) is 1.59. The summed E-state index contributed by atoms with van der Waals surface area (Å²) in [5.41, 5.74) is 1.51. The van der Waals surface area contributed by atoms with E-state index >= 15 is 0 Å². The number of para-hydroxylation sites is 1. The van der Waals surface area contributed by atoms with E-state index in [1.165, 1.54) is 0 Å². The zero-order valence-electron chi connectivity index (χ0n) is 9.46. The highest BCUT2D eigenvalue weighted by Crippen LogP contribution is 2.21. The van der Waals surface area contributed by atoms with Gasteiger partial charge >= 0.3 is 0 Å². The molecule has 0 saturated carbocycles. The molecule has 6 heteroatoms. The van der Waals surface area contributed by atoms with E-state index in [9.17, 15) is 9.59 Å². The van der Waals surface area contributed by atoms with Crippen LogP contribution in [-0.2, 0) is 9.59 Å². The van der Waals surface area contributed by atoms with Gasteiger partial charge in [-0.15, -0.1) is 0 Å². The number of hydrogen-bond donors (Lipinski definition) is 0. The second kappa shape index (κ2) is 8.02. The van der Waals surface area contributed by atoms with Gasteiger partial charge in [0, 0.05) is 11.6 Å². The highest BCUT2D eigenvalue weighted by atomic mass is 16.1. The van der Waals surface area contributed by atoms with Gasteiger partial charge in [-0.1, -0.05) is 18.2 Å². The summed E-state index contributed by atoms with van der Waals surface area (Å²) in [7, 11) is 0. The van der Waals surface area contributed by atoms with Crippen molar-refractivity contribution in [2.75, 3.05) is 0 Å². The molecule has 0 fully saturated rings. The lowest BCUT2D eigenvalue weighted by Gasteiger charge is -2.06. The Morgan fingerprint density at radius 1 is 0.944 bits per heavy atom. The van der Waals surface area contributed by atoms with Crippen LogP contribution in [0.25, 0.3) is 10.9 Å². The first-order valence-corrected chi connectivity index (χ1v) is 4.61. The van der Waals surface area contributed by atoms with Gasteiger partial charge in [0.2, 0.25) is 0 Å². The molecule has 0 aliphatic heterocycles. The van der Waals surface area contributed by atoms with Crippen molar-refractivity contribution in [1.82, 2.24) is 4.98 Å². The Bertz CT molecular complexity index is 501. The Labute approximate surface area is 103 Å². The molecule has 2 aromatic rings. The van der Waals surface area contributed by atoms with Crippen molar-refractivity contribution in [1.29, 1.82) is 0 Å². The largest absolute Gasteiger partial charge is 0.412 e. The lowest BCUT2D eigenvalue weighted by atomic mass is 9.98. The Morgan fingerprint density at radius 3 is 2.17 bits per heavy atom. The van der Waals surface area contributed by atoms with Crippen LogP contribution < -0.4 is 0 Å². The van der Waals surface area contributed by atoms with Crippen LogP contribution in [0.2, 0.25) is 0 Å². The van der Waals surface area contributed by atoms with Gasteiger partial charge in [0.25, 0.3) is 0 Å². The number of aromatic nitrogens is 1. The number of hydrogen-bond acceptors (Lipinski definition) is 3. The van der Waals surface area contributed by atoms with Gasteiger partial charge in [-0.3, -0.25) is 4.98 Å². The quantitative estimate of drug-likeness (QED) is 0.524. The molecule has 1 aromatic carbocycles. The zero-order valence-corrected chi connectivity index (χ0v) is 9.46. The van der Waals surface area contributed by atoms with Crippen molar-refractivity contribution in [3.63, 3.8) is 0 Å². The second-order valence-corrected chi connectivity index (χ2v) is 3.22. The maximum absolute atomic E-state index is 10.7. The van der Waals surface area contributed by atoms with Crippen LogP contribution in [0.4, 0.5) is 0 Å². The number of carbonyl (C=O) groups excluding carboxylic acids is 2. The standard InChI is InChI=1S/C12H9NO2.3H2O/c14-7-9(8-15)10-5-6-13-12-4-2-1-3-11(10)12;;;/h1-9H;3*1H2. The molecule has 0 aliphatic carbocycles. The van der Waals surface area contributed by atoms with E-state index in [0.29, 0.717) is 18.1 Å². The molecule has 0 unspecified atom stereocenters. The van der Waals surface area contributed by atoms with Gasteiger partial charge < -0.3 is 26.0 Å². The van der Waals surface area contributed by atoms with Crippen molar-refractivity contribution in [2.24, 2.45) is 0 Å². The van der Waals surface area contributed by atoms with Gasteiger partial charge in [-0.05, 0) is 17.7 Å². The fraction of sp³-hybridized carbons (Fsp3) is 0.0833. The Hall–Kier alpha value is -2.15. The molecule has 2 rings (SSSR count). The smallest absolute Gasteiger partial charge is 0.134 e. The molecular weight excluding hydrogens is 238 g/mol.